The highest BCUT2D eigenvalue weighted by molar-refractivity contribution is 5.58. The number of piperazine rings is 1. The summed E-state index contributed by atoms with van der Waals surface area (Å²) in [4.78, 5) is 18.0. The Labute approximate surface area is 149 Å². The van der Waals surface area contributed by atoms with E-state index in [-0.39, 0.29) is 10.6 Å². The number of aryl methyl sites for hydroxylation is 1. The monoisotopic (exact) mass is 348 g/mol. The van der Waals surface area contributed by atoms with Crippen LogP contribution in [0.4, 0.5) is 11.4 Å². The van der Waals surface area contributed by atoms with E-state index in [1.165, 1.54) is 0 Å². The second-order valence-corrected chi connectivity index (χ2v) is 6.92. The number of nitrogens with zero attached hydrogens (tertiary/aromatic N) is 4. The van der Waals surface area contributed by atoms with Gasteiger partial charge in [-0.25, -0.2) is 0 Å². The van der Waals surface area contributed by atoms with Crippen molar-refractivity contribution in [3.05, 3.63) is 33.9 Å². The lowest BCUT2D eigenvalue weighted by Gasteiger charge is -2.33. The summed E-state index contributed by atoms with van der Waals surface area (Å²) in [5.41, 5.74) is 2.41. The molecular weight excluding hydrogens is 320 g/mol. The van der Waals surface area contributed by atoms with E-state index >= 15 is 0 Å². The van der Waals surface area contributed by atoms with E-state index in [1.54, 1.807) is 12.1 Å². The third kappa shape index (κ3) is 4.90. The minimum atomic E-state index is -0.299. The van der Waals surface area contributed by atoms with Gasteiger partial charge in [-0.1, -0.05) is 0 Å². The molecule has 0 radical (unpaired) electrons. The molecule has 0 unspecified atom stereocenters. The van der Waals surface area contributed by atoms with Gasteiger partial charge < -0.3 is 19.4 Å². The molecule has 1 aromatic carbocycles. The van der Waals surface area contributed by atoms with Crippen molar-refractivity contribution >= 4 is 11.4 Å². The zero-order valence-electron chi connectivity index (χ0n) is 15.0. The lowest BCUT2D eigenvalue weighted by Crippen LogP contribution is -2.44. The number of ether oxygens (including phenoxy) is 1. The predicted octanol–water partition coefficient (Wildman–Crippen LogP) is 1.61. The number of likely N-dealkylation sites (N-methyl/N-ethyl adjacent to an activating group) is 1. The van der Waals surface area contributed by atoms with Crippen molar-refractivity contribution in [2.24, 2.45) is 0 Å². The predicted molar refractivity (Wildman–Crippen MR) is 98.4 cm³/mol. The second-order valence-electron chi connectivity index (χ2n) is 6.92. The number of nitro groups is 1. The van der Waals surface area contributed by atoms with E-state index in [1.807, 2.05) is 6.07 Å². The molecular formula is C18H28N4O3. The molecule has 0 atom stereocenters. The first kappa shape index (κ1) is 18.1. The van der Waals surface area contributed by atoms with Gasteiger partial charge in [-0.05, 0) is 38.1 Å². The molecule has 7 nitrogen and oxygen atoms in total. The van der Waals surface area contributed by atoms with Gasteiger partial charge in [-0.3, -0.25) is 10.1 Å². The Morgan fingerprint density at radius 2 is 1.84 bits per heavy atom. The van der Waals surface area contributed by atoms with Gasteiger partial charge in [-0.2, -0.15) is 0 Å². The van der Waals surface area contributed by atoms with Gasteiger partial charge >= 0.3 is 0 Å². The van der Waals surface area contributed by atoms with Gasteiger partial charge in [0.05, 0.1) is 18.1 Å². The van der Waals surface area contributed by atoms with Crippen LogP contribution >= 0.6 is 0 Å². The van der Waals surface area contributed by atoms with Crippen molar-refractivity contribution in [3.8, 4) is 0 Å². The van der Waals surface area contributed by atoms with E-state index in [0.717, 1.165) is 83.1 Å². The smallest absolute Gasteiger partial charge is 0.269 e. The SMILES string of the molecule is CN1CCN(CCCc2cc([N+](=O)[O-])ccc2N2CCOCC2)CC1. The summed E-state index contributed by atoms with van der Waals surface area (Å²) in [5, 5.41) is 11.2. The van der Waals surface area contributed by atoms with Crippen LogP contribution in [0, 0.1) is 10.1 Å². The van der Waals surface area contributed by atoms with Crippen LogP contribution in [0.2, 0.25) is 0 Å². The molecule has 0 aromatic heterocycles. The summed E-state index contributed by atoms with van der Waals surface area (Å²) in [6.07, 6.45) is 1.91. The minimum Gasteiger partial charge on any atom is -0.378 e. The van der Waals surface area contributed by atoms with Gasteiger partial charge in [0, 0.05) is 57.1 Å². The third-order valence-corrected chi connectivity index (χ3v) is 5.14. The summed E-state index contributed by atoms with van der Waals surface area (Å²) in [7, 11) is 2.16. The first-order valence-corrected chi connectivity index (χ1v) is 9.14. The number of benzene rings is 1. The fraction of sp³-hybridized carbons (Fsp3) is 0.667. The number of rotatable bonds is 6. The maximum atomic E-state index is 11.2. The summed E-state index contributed by atoms with van der Waals surface area (Å²) < 4.78 is 5.43. The molecule has 2 aliphatic rings. The number of anilines is 1. The Kier molecular flexibility index (Phi) is 6.23. The summed E-state index contributed by atoms with van der Waals surface area (Å²) in [6.45, 7) is 8.66. The lowest BCUT2D eigenvalue weighted by molar-refractivity contribution is -0.384. The zero-order valence-corrected chi connectivity index (χ0v) is 15.0. The largest absolute Gasteiger partial charge is 0.378 e. The maximum Gasteiger partial charge on any atom is 0.269 e. The number of morpholine rings is 1. The van der Waals surface area contributed by atoms with Crippen LogP contribution < -0.4 is 4.90 Å². The lowest BCUT2D eigenvalue weighted by atomic mass is 10.0. The molecule has 2 saturated heterocycles. The molecule has 7 heteroatoms. The van der Waals surface area contributed by atoms with E-state index in [9.17, 15) is 10.1 Å². The summed E-state index contributed by atoms with van der Waals surface area (Å²) in [5.74, 6) is 0. The first-order chi connectivity index (χ1) is 12.1. The van der Waals surface area contributed by atoms with Crippen LogP contribution in [0.15, 0.2) is 18.2 Å². The number of nitro benzene ring substituents is 1. The molecule has 0 spiro atoms. The highest BCUT2D eigenvalue weighted by atomic mass is 16.6. The van der Waals surface area contributed by atoms with Gasteiger partial charge in [0.15, 0.2) is 0 Å². The Morgan fingerprint density at radius 1 is 1.12 bits per heavy atom. The molecule has 0 bridgehead atoms. The summed E-state index contributed by atoms with van der Waals surface area (Å²) >= 11 is 0. The highest BCUT2D eigenvalue weighted by Gasteiger charge is 2.18. The van der Waals surface area contributed by atoms with Gasteiger partial charge in [0.25, 0.3) is 5.69 Å². The molecule has 3 rings (SSSR count). The van der Waals surface area contributed by atoms with Gasteiger partial charge in [0.2, 0.25) is 0 Å². The quantitative estimate of drug-likeness (QED) is 0.575. The molecule has 2 heterocycles. The fourth-order valence-electron chi connectivity index (χ4n) is 3.56. The van der Waals surface area contributed by atoms with Gasteiger partial charge in [0.1, 0.15) is 0 Å². The maximum absolute atomic E-state index is 11.2. The number of hydrogen-bond acceptors (Lipinski definition) is 6. The van der Waals surface area contributed by atoms with Crippen LogP contribution in [0.3, 0.4) is 0 Å². The molecule has 1 aromatic rings. The molecule has 0 aliphatic carbocycles. The van der Waals surface area contributed by atoms with E-state index in [0.29, 0.717) is 0 Å². The topological polar surface area (TPSA) is 62.1 Å². The van der Waals surface area contributed by atoms with Crippen molar-refractivity contribution in [1.29, 1.82) is 0 Å². The van der Waals surface area contributed by atoms with E-state index < -0.39 is 0 Å². The number of non-ortho nitro benzene ring substituents is 1. The molecule has 0 N–H and O–H groups in total. The minimum absolute atomic E-state index is 0.187. The second kappa shape index (κ2) is 8.60. The normalized spacial score (nSPS) is 20.0. The molecule has 0 saturated carbocycles. The van der Waals surface area contributed by atoms with Crippen molar-refractivity contribution in [1.82, 2.24) is 9.80 Å². The first-order valence-electron chi connectivity index (χ1n) is 9.14. The van der Waals surface area contributed by atoms with Crippen molar-refractivity contribution < 1.29 is 9.66 Å². The third-order valence-electron chi connectivity index (χ3n) is 5.14. The zero-order chi connectivity index (χ0) is 17.6. The van der Waals surface area contributed by atoms with Crippen molar-refractivity contribution in [2.45, 2.75) is 12.8 Å². The Balaban J connectivity index is 1.64. The molecule has 2 fully saturated rings. The highest BCUT2D eigenvalue weighted by Crippen LogP contribution is 2.27. The van der Waals surface area contributed by atoms with E-state index in [2.05, 4.69) is 21.7 Å². The fourth-order valence-corrected chi connectivity index (χ4v) is 3.56. The molecule has 25 heavy (non-hydrogen) atoms. The Morgan fingerprint density at radius 3 is 2.52 bits per heavy atom. The van der Waals surface area contributed by atoms with Crippen LogP contribution in [-0.2, 0) is 11.2 Å². The molecule has 2 aliphatic heterocycles. The van der Waals surface area contributed by atoms with Crippen LogP contribution in [-0.4, -0.2) is 80.8 Å². The molecule has 138 valence electrons. The molecule has 0 amide bonds. The van der Waals surface area contributed by atoms with Gasteiger partial charge in [-0.15, -0.1) is 0 Å². The van der Waals surface area contributed by atoms with Crippen molar-refractivity contribution in [2.75, 3.05) is 71.0 Å². The van der Waals surface area contributed by atoms with Crippen LogP contribution in [0.25, 0.3) is 0 Å². The van der Waals surface area contributed by atoms with E-state index in [4.69, 9.17) is 4.74 Å². The Bertz CT molecular complexity index is 582. The average Bonchev–Trinajstić information content (AvgIpc) is 2.64. The standard InChI is InChI=1S/C18H28N4O3/c1-19-7-9-20(10-8-19)6-2-3-16-15-17(22(23)24)4-5-18(16)21-11-13-25-14-12-21/h4-5,15H,2-3,6-14H2,1H3. The van der Waals surface area contributed by atoms with Crippen molar-refractivity contribution in [3.63, 3.8) is 0 Å². The van der Waals surface area contributed by atoms with Crippen LogP contribution in [0.1, 0.15) is 12.0 Å². The van der Waals surface area contributed by atoms with Crippen LogP contribution in [0.5, 0.6) is 0 Å². The number of hydrogen-bond donors (Lipinski definition) is 0. The summed E-state index contributed by atoms with van der Waals surface area (Å²) in [6, 6.07) is 5.29. The Hall–Kier alpha value is -1.70. The average molecular weight is 348 g/mol.